The Kier molecular flexibility index (Phi) is 1.43. The van der Waals surface area contributed by atoms with Crippen LogP contribution in [0.15, 0.2) is 6.20 Å². The number of hydrogen-bond acceptors (Lipinski definition) is 2. The van der Waals surface area contributed by atoms with E-state index in [2.05, 4.69) is 29.1 Å². The second kappa shape index (κ2) is 2.25. The minimum Gasteiger partial charge on any atom is -0.353 e. The van der Waals surface area contributed by atoms with Crippen LogP contribution in [0.4, 0.5) is 5.95 Å². The summed E-state index contributed by atoms with van der Waals surface area (Å²) in [5.74, 6) is 0.906. The summed E-state index contributed by atoms with van der Waals surface area (Å²) in [6.45, 7) is 6.54. The van der Waals surface area contributed by atoms with Gasteiger partial charge in [0.25, 0.3) is 0 Å². The van der Waals surface area contributed by atoms with Crippen molar-refractivity contribution in [1.82, 2.24) is 9.97 Å². The first-order valence-electron chi connectivity index (χ1n) is 4.36. The van der Waals surface area contributed by atoms with Gasteiger partial charge in [-0.1, -0.05) is 13.8 Å². The van der Waals surface area contributed by atoms with Gasteiger partial charge in [0.15, 0.2) is 0 Å². The Morgan fingerprint density at radius 2 is 2.33 bits per heavy atom. The molecule has 3 nitrogen and oxygen atoms in total. The number of imidazole rings is 1. The van der Waals surface area contributed by atoms with Gasteiger partial charge in [-0.05, 0) is 18.8 Å². The molecule has 1 saturated carbocycles. The van der Waals surface area contributed by atoms with E-state index in [0.29, 0.717) is 11.5 Å². The predicted octanol–water partition coefficient (Wildman–Crippen LogP) is 1.93. The van der Waals surface area contributed by atoms with E-state index in [0.717, 1.165) is 11.6 Å². The zero-order chi connectivity index (χ0) is 8.77. The van der Waals surface area contributed by atoms with Crippen molar-refractivity contribution in [2.24, 2.45) is 5.41 Å². The quantitative estimate of drug-likeness (QED) is 0.703. The Bertz CT molecular complexity index is 288. The lowest BCUT2D eigenvalue weighted by molar-refractivity contribution is 0.629. The highest BCUT2D eigenvalue weighted by Gasteiger charge is 2.45. The smallest absolute Gasteiger partial charge is 0.200 e. The van der Waals surface area contributed by atoms with Crippen molar-refractivity contribution in [3.63, 3.8) is 0 Å². The minimum absolute atomic E-state index is 0.459. The Balaban J connectivity index is 1.97. The summed E-state index contributed by atoms with van der Waals surface area (Å²) in [4.78, 5) is 7.36. The molecule has 0 bridgehead atoms. The molecule has 2 N–H and O–H groups in total. The lowest BCUT2D eigenvalue weighted by atomic mass is 10.2. The van der Waals surface area contributed by atoms with Crippen LogP contribution < -0.4 is 5.32 Å². The summed E-state index contributed by atoms with van der Waals surface area (Å²) >= 11 is 0. The number of hydrogen-bond donors (Lipinski definition) is 2. The fourth-order valence-electron chi connectivity index (χ4n) is 1.36. The third kappa shape index (κ3) is 1.31. The first kappa shape index (κ1) is 7.65. The van der Waals surface area contributed by atoms with Gasteiger partial charge in [-0.25, -0.2) is 4.98 Å². The number of H-pyrrole nitrogens is 1. The van der Waals surface area contributed by atoms with Gasteiger partial charge in [-0.2, -0.15) is 0 Å². The normalized spacial score (nSPS) is 25.4. The van der Waals surface area contributed by atoms with E-state index >= 15 is 0 Å². The molecule has 0 spiro atoms. The lowest BCUT2D eigenvalue weighted by Gasteiger charge is -2.03. The summed E-state index contributed by atoms with van der Waals surface area (Å²) < 4.78 is 0. The van der Waals surface area contributed by atoms with Gasteiger partial charge >= 0.3 is 0 Å². The molecule has 0 aromatic carbocycles. The second-order valence-electron chi connectivity index (χ2n) is 4.30. The van der Waals surface area contributed by atoms with Gasteiger partial charge < -0.3 is 10.3 Å². The van der Waals surface area contributed by atoms with E-state index < -0.39 is 0 Å². The Morgan fingerprint density at radius 3 is 2.75 bits per heavy atom. The van der Waals surface area contributed by atoms with Gasteiger partial charge in [-0.3, -0.25) is 0 Å². The molecule has 1 heterocycles. The molecule has 1 aromatic heterocycles. The van der Waals surface area contributed by atoms with E-state index in [-0.39, 0.29) is 0 Å². The van der Waals surface area contributed by atoms with Crippen molar-refractivity contribution in [2.75, 3.05) is 5.32 Å². The molecular formula is C9H15N3. The number of aromatic nitrogens is 2. The van der Waals surface area contributed by atoms with Crippen LogP contribution in [0.1, 0.15) is 26.0 Å². The molecule has 12 heavy (non-hydrogen) atoms. The summed E-state index contributed by atoms with van der Waals surface area (Å²) in [5, 5.41) is 3.36. The van der Waals surface area contributed by atoms with Crippen LogP contribution in [0.3, 0.4) is 0 Å². The average Bonchev–Trinajstić information content (AvgIpc) is 2.41. The number of aromatic amines is 1. The van der Waals surface area contributed by atoms with Crippen molar-refractivity contribution in [1.29, 1.82) is 0 Å². The van der Waals surface area contributed by atoms with Crippen LogP contribution >= 0.6 is 0 Å². The zero-order valence-electron chi connectivity index (χ0n) is 7.81. The maximum Gasteiger partial charge on any atom is 0.200 e. The first-order valence-corrected chi connectivity index (χ1v) is 4.36. The molecule has 0 amide bonds. The summed E-state index contributed by atoms with van der Waals surface area (Å²) in [5.41, 5.74) is 1.57. The van der Waals surface area contributed by atoms with Crippen molar-refractivity contribution in [2.45, 2.75) is 33.2 Å². The topological polar surface area (TPSA) is 40.7 Å². The maximum atomic E-state index is 4.19. The highest BCUT2D eigenvalue weighted by atomic mass is 15.2. The fourth-order valence-corrected chi connectivity index (χ4v) is 1.36. The van der Waals surface area contributed by atoms with Crippen molar-refractivity contribution >= 4 is 5.95 Å². The highest BCUT2D eigenvalue weighted by Crippen LogP contribution is 2.46. The van der Waals surface area contributed by atoms with Gasteiger partial charge in [-0.15, -0.1) is 0 Å². The SMILES string of the molecule is Cc1cnc(NC2CC2(C)C)[nH]1. The van der Waals surface area contributed by atoms with E-state index in [1.54, 1.807) is 0 Å². The van der Waals surface area contributed by atoms with Crippen LogP contribution in [0.5, 0.6) is 0 Å². The molecule has 1 aromatic rings. The van der Waals surface area contributed by atoms with Crippen LogP contribution in [0, 0.1) is 12.3 Å². The Labute approximate surface area is 72.6 Å². The van der Waals surface area contributed by atoms with Crippen molar-refractivity contribution in [3.8, 4) is 0 Å². The van der Waals surface area contributed by atoms with Crippen molar-refractivity contribution in [3.05, 3.63) is 11.9 Å². The summed E-state index contributed by atoms with van der Waals surface area (Å²) in [6, 6.07) is 0.600. The number of aryl methyl sites for hydroxylation is 1. The standard InChI is InChI=1S/C9H15N3/c1-6-5-10-8(11-6)12-7-4-9(7,2)3/h5,7H,4H2,1-3H3,(H2,10,11,12). The van der Waals surface area contributed by atoms with Gasteiger partial charge in [0.1, 0.15) is 0 Å². The molecule has 0 radical (unpaired) electrons. The number of rotatable bonds is 2. The van der Waals surface area contributed by atoms with E-state index in [4.69, 9.17) is 0 Å². The first-order chi connectivity index (χ1) is 5.58. The molecule has 66 valence electrons. The number of nitrogens with one attached hydrogen (secondary N) is 2. The highest BCUT2D eigenvalue weighted by molar-refractivity contribution is 5.32. The van der Waals surface area contributed by atoms with E-state index in [1.165, 1.54) is 6.42 Å². The lowest BCUT2D eigenvalue weighted by Crippen LogP contribution is -2.09. The van der Waals surface area contributed by atoms with Gasteiger partial charge in [0.2, 0.25) is 5.95 Å². The van der Waals surface area contributed by atoms with Crippen LogP contribution in [-0.4, -0.2) is 16.0 Å². The van der Waals surface area contributed by atoms with E-state index in [9.17, 15) is 0 Å². The zero-order valence-corrected chi connectivity index (χ0v) is 7.81. The van der Waals surface area contributed by atoms with Crippen molar-refractivity contribution < 1.29 is 0 Å². The summed E-state index contributed by atoms with van der Waals surface area (Å²) in [6.07, 6.45) is 3.09. The van der Waals surface area contributed by atoms with E-state index in [1.807, 2.05) is 13.1 Å². The minimum atomic E-state index is 0.459. The third-order valence-corrected chi connectivity index (χ3v) is 2.53. The molecule has 1 aliphatic rings. The molecule has 0 saturated heterocycles. The van der Waals surface area contributed by atoms with Gasteiger partial charge in [0.05, 0.1) is 0 Å². The maximum absolute atomic E-state index is 4.19. The van der Waals surface area contributed by atoms with Crippen LogP contribution in [0.25, 0.3) is 0 Å². The fraction of sp³-hybridized carbons (Fsp3) is 0.667. The number of nitrogens with zero attached hydrogens (tertiary/aromatic N) is 1. The predicted molar refractivity (Wildman–Crippen MR) is 49.1 cm³/mol. The average molecular weight is 165 g/mol. The monoisotopic (exact) mass is 165 g/mol. The Hall–Kier alpha value is -0.990. The molecular weight excluding hydrogens is 150 g/mol. The second-order valence-corrected chi connectivity index (χ2v) is 4.30. The van der Waals surface area contributed by atoms with Crippen LogP contribution in [0.2, 0.25) is 0 Å². The molecule has 1 fully saturated rings. The molecule has 1 atom stereocenters. The molecule has 2 rings (SSSR count). The summed E-state index contributed by atoms with van der Waals surface area (Å²) in [7, 11) is 0. The van der Waals surface area contributed by atoms with Gasteiger partial charge in [0, 0.05) is 17.9 Å². The van der Waals surface area contributed by atoms with Crippen LogP contribution in [-0.2, 0) is 0 Å². The molecule has 3 heteroatoms. The Morgan fingerprint density at radius 1 is 1.67 bits per heavy atom. The third-order valence-electron chi connectivity index (χ3n) is 2.53. The molecule has 0 aliphatic heterocycles. The molecule has 1 aliphatic carbocycles. The largest absolute Gasteiger partial charge is 0.353 e. The number of anilines is 1. The molecule has 1 unspecified atom stereocenters.